The van der Waals surface area contributed by atoms with Gasteiger partial charge in [-0.25, -0.2) is 9.97 Å². The number of hydrogen-bond donors (Lipinski definition) is 3. The molecule has 0 fully saturated rings. The molecule has 2 heterocycles. The van der Waals surface area contributed by atoms with E-state index in [4.69, 9.17) is 0 Å². The minimum Gasteiger partial charge on any atom is -0.363 e. The van der Waals surface area contributed by atoms with Crippen molar-refractivity contribution in [3.8, 4) is 11.3 Å². The van der Waals surface area contributed by atoms with Crippen LogP contribution in [0, 0.1) is 0 Å². The van der Waals surface area contributed by atoms with Gasteiger partial charge in [0.15, 0.2) is 0 Å². The molecule has 0 saturated carbocycles. The van der Waals surface area contributed by atoms with Crippen LogP contribution in [-0.2, 0) is 4.79 Å². The topological polar surface area (TPSA) is 82.7 Å². The Hall–Kier alpha value is -3.67. The number of nitrogens with zero attached hydrogens (tertiary/aromatic N) is 2. The Bertz CT molecular complexity index is 1120. The zero-order chi connectivity index (χ0) is 20.2. The van der Waals surface area contributed by atoms with Gasteiger partial charge in [-0.15, -0.1) is 0 Å². The largest absolute Gasteiger partial charge is 0.363 e. The Labute approximate surface area is 169 Å². The molecule has 0 spiro atoms. The molecule has 0 aliphatic rings. The number of nitrogens with one attached hydrogen (secondary N) is 3. The summed E-state index contributed by atoms with van der Waals surface area (Å²) in [5.41, 5.74) is 4.72. The summed E-state index contributed by atoms with van der Waals surface area (Å²) in [6.45, 7) is 3.94. The standard InChI is InChI=1S/C23H23N5O/c1-3-21(29)27-18-11-9-17(10-12-18)20-13-19-22(24-14-25-23(19)28-20)26-15(2)16-7-5-4-6-8-16/h4-15H,3H2,1-2H3,(H,27,29)(H2,24,25,26,28)/t15-/m1/s1. The number of aromatic amines is 1. The van der Waals surface area contributed by atoms with E-state index in [1.54, 1.807) is 6.33 Å². The summed E-state index contributed by atoms with van der Waals surface area (Å²) in [6, 6.07) is 20.2. The Kier molecular flexibility index (Phi) is 5.24. The second kappa shape index (κ2) is 8.14. The highest BCUT2D eigenvalue weighted by molar-refractivity contribution is 5.93. The summed E-state index contributed by atoms with van der Waals surface area (Å²) < 4.78 is 0. The van der Waals surface area contributed by atoms with Gasteiger partial charge >= 0.3 is 0 Å². The maximum atomic E-state index is 11.5. The van der Waals surface area contributed by atoms with E-state index in [1.165, 1.54) is 5.56 Å². The number of anilines is 2. The van der Waals surface area contributed by atoms with Gasteiger partial charge in [-0.3, -0.25) is 4.79 Å². The van der Waals surface area contributed by atoms with E-state index in [0.29, 0.717) is 6.42 Å². The Balaban J connectivity index is 1.60. The minimum absolute atomic E-state index is 0.00175. The van der Waals surface area contributed by atoms with Crippen LogP contribution in [0.3, 0.4) is 0 Å². The summed E-state index contributed by atoms with van der Waals surface area (Å²) >= 11 is 0. The van der Waals surface area contributed by atoms with Gasteiger partial charge in [0.1, 0.15) is 17.8 Å². The lowest BCUT2D eigenvalue weighted by atomic mass is 10.1. The van der Waals surface area contributed by atoms with E-state index < -0.39 is 0 Å². The van der Waals surface area contributed by atoms with E-state index in [2.05, 4.69) is 50.7 Å². The van der Waals surface area contributed by atoms with Crippen LogP contribution in [0.25, 0.3) is 22.3 Å². The third-order valence-corrected chi connectivity index (χ3v) is 4.88. The Morgan fingerprint density at radius 1 is 1.07 bits per heavy atom. The highest BCUT2D eigenvalue weighted by atomic mass is 16.1. The zero-order valence-electron chi connectivity index (χ0n) is 16.4. The van der Waals surface area contributed by atoms with Gasteiger partial charge in [0.25, 0.3) is 0 Å². The number of carbonyl (C=O) groups is 1. The molecule has 0 unspecified atom stereocenters. The molecule has 0 saturated heterocycles. The van der Waals surface area contributed by atoms with Crippen molar-refractivity contribution in [2.45, 2.75) is 26.3 Å². The van der Waals surface area contributed by atoms with Crippen LogP contribution >= 0.6 is 0 Å². The molecule has 6 heteroatoms. The molecule has 29 heavy (non-hydrogen) atoms. The maximum Gasteiger partial charge on any atom is 0.224 e. The zero-order valence-corrected chi connectivity index (χ0v) is 16.4. The molecule has 0 aliphatic heterocycles. The second-order valence-electron chi connectivity index (χ2n) is 6.92. The minimum atomic E-state index is 0.00175. The SMILES string of the molecule is CCC(=O)Nc1ccc(-c2cc3c(N[C@H](C)c4ccccc4)ncnc3[nH]2)cc1. The third-order valence-electron chi connectivity index (χ3n) is 4.88. The third kappa shape index (κ3) is 4.11. The summed E-state index contributed by atoms with van der Waals surface area (Å²) in [4.78, 5) is 23.7. The molecular weight excluding hydrogens is 362 g/mol. The summed E-state index contributed by atoms with van der Waals surface area (Å²) in [7, 11) is 0. The van der Waals surface area contributed by atoms with E-state index in [1.807, 2.05) is 49.4 Å². The van der Waals surface area contributed by atoms with Gasteiger partial charge in [0.05, 0.1) is 5.39 Å². The van der Waals surface area contributed by atoms with Crippen molar-refractivity contribution in [1.29, 1.82) is 0 Å². The molecule has 0 radical (unpaired) electrons. The van der Waals surface area contributed by atoms with Crippen LogP contribution in [0.1, 0.15) is 31.9 Å². The molecule has 4 aromatic rings. The van der Waals surface area contributed by atoms with E-state index in [-0.39, 0.29) is 11.9 Å². The molecule has 4 rings (SSSR count). The lowest BCUT2D eigenvalue weighted by Crippen LogP contribution is -2.08. The van der Waals surface area contributed by atoms with Crippen molar-refractivity contribution >= 4 is 28.4 Å². The number of hydrogen-bond acceptors (Lipinski definition) is 4. The molecule has 2 aromatic carbocycles. The summed E-state index contributed by atoms with van der Waals surface area (Å²) in [6.07, 6.45) is 2.02. The number of H-pyrrole nitrogens is 1. The first kappa shape index (κ1) is 18.7. The van der Waals surface area contributed by atoms with Gasteiger partial charge in [0.2, 0.25) is 5.91 Å². The molecule has 3 N–H and O–H groups in total. The predicted octanol–water partition coefficient (Wildman–Crippen LogP) is 5.15. The number of carbonyl (C=O) groups excluding carboxylic acids is 1. The average Bonchev–Trinajstić information content (AvgIpc) is 3.20. The van der Waals surface area contributed by atoms with Crippen LogP contribution in [-0.4, -0.2) is 20.9 Å². The molecule has 1 atom stereocenters. The first-order valence-electron chi connectivity index (χ1n) is 9.69. The van der Waals surface area contributed by atoms with Gasteiger partial charge in [-0.2, -0.15) is 0 Å². The number of rotatable bonds is 6. The average molecular weight is 385 g/mol. The van der Waals surface area contributed by atoms with Crippen molar-refractivity contribution in [3.05, 3.63) is 72.6 Å². The quantitative estimate of drug-likeness (QED) is 0.429. The second-order valence-corrected chi connectivity index (χ2v) is 6.92. The first-order valence-corrected chi connectivity index (χ1v) is 9.69. The maximum absolute atomic E-state index is 11.5. The van der Waals surface area contributed by atoms with E-state index >= 15 is 0 Å². The predicted molar refractivity (Wildman–Crippen MR) is 117 cm³/mol. The van der Waals surface area contributed by atoms with Crippen molar-refractivity contribution < 1.29 is 4.79 Å². The van der Waals surface area contributed by atoms with Crippen molar-refractivity contribution in [2.75, 3.05) is 10.6 Å². The van der Waals surface area contributed by atoms with Crippen LogP contribution < -0.4 is 10.6 Å². The van der Waals surface area contributed by atoms with Crippen LogP contribution in [0.15, 0.2) is 67.0 Å². The lowest BCUT2D eigenvalue weighted by molar-refractivity contribution is -0.115. The van der Waals surface area contributed by atoms with Crippen molar-refractivity contribution in [2.24, 2.45) is 0 Å². The van der Waals surface area contributed by atoms with Crippen LogP contribution in [0.5, 0.6) is 0 Å². The van der Waals surface area contributed by atoms with Crippen molar-refractivity contribution in [1.82, 2.24) is 15.0 Å². The highest BCUT2D eigenvalue weighted by Gasteiger charge is 2.12. The number of aromatic nitrogens is 3. The summed E-state index contributed by atoms with van der Waals surface area (Å²) in [5, 5.41) is 7.28. The van der Waals surface area contributed by atoms with E-state index in [0.717, 1.165) is 33.8 Å². The molecule has 146 valence electrons. The van der Waals surface area contributed by atoms with E-state index in [9.17, 15) is 4.79 Å². The molecular formula is C23H23N5O. The molecule has 0 aliphatic carbocycles. The monoisotopic (exact) mass is 385 g/mol. The highest BCUT2D eigenvalue weighted by Crippen LogP contribution is 2.29. The van der Waals surface area contributed by atoms with Crippen molar-refractivity contribution in [3.63, 3.8) is 0 Å². The first-order chi connectivity index (χ1) is 14.1. The Morgan fingerprint density at radius 3 is 2.55 bits per heavy atom. The van der Waals surface area contributed by atoms with Gasteiger partial charge in [-0.05, 0) is 36.2 Å². The Morgan fingerprint density at radius 2 is 1.83 bits per heavy atom. The molecule has 6 nitrogen and oxygen atoms in total. The van der Waals surface area contributed by atoms with Crippen LogP contribution in [0.2, 0.25) is 0 Å². The fraction of sp³-hybridized carbons (Fsp3) is 0.174. The lowest BCUT2D eigenvalue weighted by Gasteiger charge is -2.15. The van der Waals surface area contributed by atoms with Gasteiger partial charge < -0.3 is 15.6 Å². The van der Waals surface area contributed by atoms with Gasteiger partial charge in [-0.1, -0.05) is 49.4 Å². The summed E-state index contributed by atoms with van der Waals surface area (Å²) in [5.74, 6) is 0.794. The number of amides is 1. The van der Waals surface area contributed by atoms with Gasteiger partial charge in [0, 0.05) is 23.8 Å². The molecule has 2 aromatic heterocycles. The molecule has 1 amide bonds. The van der Waals surface area contributed by atoms with Crippen LogP contribution in [0.4, 0.5) is 11.5 Å². The fourth-order valence-electron chi connectivity index (χ4n) is 3.22. The normalized spacial score (nSPS) is 11.9. The molecule has 0 bridgehead atoms. The number of benzene rings is 2. The fourth-order valence-corrected chi connectivity index (χ4v) is 3.22. The number of fused-ring (bicyclic) bond motifs is 1. The smallest absolute Gasteiger partial charge is 0.224 e.